The van der Waals surface area contributed by atoms with E-state index in [-0.39, 0.29) is 0 Å². The summed E-state index contributed by atoms with van der Waals surface area (Å²) in [6.07, 6.45) is 3.42. The third-order valence-electron chi connectivity index (χ3n) is 1.20. The predicted octanol–water partition coefficient (Wildman–Crippen LogP) is -0.0772. The molecule has 4 heteroatoms. The van der Waals surface area contributed by atoms with E-state index in [0.29, 0.717) is 6.54 Å². The van der Waals surface area contributed by atoms with Gasteiger partial charge in [0, 0.05) is 6.54 Å². The first-order valence-corrected chi connectivity index (χ1v) is 3.06. The highest BCUT2D eigenvalue weighted by atomic mass is 15.3. The second-order valence-corrected chi connectivity index (χ2v) is 1.89. The minimum absolute atomic E-state index is 0.424. The van der Waals surface area contributed by atoms with Gasteiger partial charge in [-0.05, 0) is 0 Å². The maximum absolute atomic E-state index is 5.37. The van der Waals surface area contributed by atoms with Gasteiger partial charge in [-0.3, -0.25) is 0 Å². The lowest BCUT2D eigenvalue weighted by Gasteiger charge is -1.97. The number of nitrogens with zero attached hydrogens (tertiary/aromatic N) is 3. The molecule has 0 radical (unpaired) electrons. The first-order chi connectivity index (χ1) is 4.88. The Balaban J connectivity index is 2.79. The molecule has 0 spiro atoms. The first kappa shape index (κ1) is 6.95. The maximum atomic E-state index is 5.37. The van der Waals surface area contributed by atoms with Gasteiger partial charge in [-0.1, -0.05) is 6.08 Å². The van der Waals surface area contributed by atoms with Crippen molar-refractivity contribution in [1.29, 1.82) is 0 Å². The van der Waals surface area contributed by atoms with Crippen molar-refractivity contribution in [3.8, 4) is 0 Å². The molecule has 0 saturated carbocycles. The third-order valence-corrected chi connectivity index (χ3v) is 1.20. The first-order valence-electron chi connectivity index (χ1n) is 3.06. The van der Waals surface area contributed by atoms with Crippen LogP contribution in [0.3, 0.4) is 0 Å². The van der Waals surface area contributed by atoms with Crippen molar-refractivity contribution in [2.24, 2.45) is 5.73 Å². The van der Waals surface area contributed by atoms with Crippen LogP contribution in [0.4, 0.5) is 0 Å². The van der Waals surface area contributed by atoms with Crippen LogP contribution < -0.4 is 5.73 Å². The van der Waals surface area contributed by atoms with Gasteiger partial charge in [-0.2, -0.15) is 0 Å². The predicted molar refractivity (Wildman–Crippen MR) is 38.1 cm³/mol. The molecule has 1 aromatic heterocycles. The number of nitrogens with two attached hydrogens (primary N) is 1. The van der Waals surface area contributed by atoms with Crippen LogP contribution in [0.2, 0.25) is 0 Å². The number of aromatic nitrogens is 3. The summed E-state index contributed by atoms with van der Waals surface area (Å²) in [5.74, 6) is 0.792. The highest BCUT2D eigenvalue weighted by Crippen LogP contribution is 1.92. The van der Waals surface area contributed by atoms with E-state index >= 15 is 0 Å². The maximum Gasteiger partial charge on any atom is 0.146 e. The van der Waals surface area contributed by atoms with Gasteiger partial charge in [0.1, 0.15) is 12.2 Å². The Bertz CT molecular complexity index is 215. The summed E-state index contributed by atoms with van der Waals surface area (Å²) in [7, 11) is 0. The lowest BCUT2D eigenvalue weighted by atomic mass is 10.5. The van der Waals surface area contributed by atoms with Crippen LogP contribution in [0.5, 0.6) is 0 Å². The molecule has 0 unspecified atom stereocenters. The van der Waals surface area contributed by atoms with Crippen molar-refractivity contribution in [2.45, 2.75) is 13.1 Å². The zero-order chi connectivity index (χ0) is 7.40. The molecular weight excluding hydrogens is 128 g/mol. The van der Waals surface area contributed by atoms with Crippen molar-refractivity contribution in [3.63, 3.8) is 0 Å². The molecule has 1 aromatic rings. The van der Waals surface area contributed by atoms with Crippen molar-refractivity contribution >= 4 is 0 Å². The quantitative estimate of drug-likeness (QED) is 0.594. The largest absolute Gasteiger partial charge is 0.324 e. The third kappa shape index (κ3) is 1.22. The topological polar surface area (TPSA) is 56.7 Å². The molecule has 10 heavy (non-hydrogen) atoms. The summed E-state index contributed by atoms with van der Waals surface area (Å²) >= 11 is 0. The lowest BCUT2D eigenvalue weighted by molar-refractivity contribution is 0.739. The molecule has 0 aliphatic rings. The Morgan fingerprint density at radius 3 is 3.20 bits per heavy atom. The summed E-state index contributed by atoms with van der Waals surface area (Å²) in [5.41, 5.74) is 5.37. The van der Waals surface area contributed by atoms with E-state index in [1.54, 1.807) is 12.4 Å². The van der Waals surface area contributed by atoms with Crippen LogP contribution in [-0.2, 0) is 13.1 Å². The van der Waals surface area contributed by atoms with Crippen LogP contribution in [0, 0.1) is 0 Å². The summed E-state index contributed by atoms with van der Waals surface area (Å²) < 4.78 is 1.85. The normalized spacial score (nSPS) is 9.70. The van der Waals surface area contributed by atoms with E-state index in [9.17, 15) is 0 Å². The number of rotatable bonds is 3. The SMILES string of the molecule is C=CCn1cnnc1CN. The number of allylic oxidation sites excluding steroid dienone is 1. The molecular formula is C6H10N4. The molecule has 0 atom stereocenters. The second kappa shape index (κ2) is 3.12. The van der Waals surface area contributed by atoms with Crippen molar-refractivity contribution in [1.82, 2.24) is 14.8 Å². The zero-order valence-corrected chi connectivity index (χ0v) is 5.70. The highest BCUT2D eigenvalue weighted by Gasteiger charge is 1.97. The molecule has 1 rings (SSSR count). The fourth-order valence-corrected chi connectivity index (χ4v) is 0.729. The second-order valence-electron chi connectivity index (χ2n) is 1.89. The van der Waals surface area contributed by atoms with Gasteiger partial charge in [-0.15, -0.1) is 16.8 Å². The molecule has 0 saturated heterocycles. The minimum Gasteiger partial charge on any atom is -0.324 e. The monoisotopic (exact) mass is 138 g/mol. The average molecular weight is 138 g/mol. The fraction of sp³-hybridized carbons (Fsp3) is 0.333. The van der Waals surface area contributed by atoms with Crippen molar-refractivity contribution in [2.75, 3.05) is 0 Å². The van der Waals surface area contributed by atoms with Gasteiger partial charge in [0.25, 0.3) is 0 Å². The van der Waals surface area contributed by atoms with Gasteiger partial charge < -0.3 is 10.3 Å². The smallest absolute Gasteiger partial charge is 0.146 e. The molecule has 1 heterocycles. The summed E-state index contributed by atoms with van der Waals surface area (Å²) in [6, 6.07) is 0. The molecule has 2 N–H and O–H groups in total. The fourth-order valence-electron chi connectivity index (χ4n) is 0.729. The zero-order valence-electron chi connectivity index (χ0n) is 5.70. The molecule has 0 fully saturated rings. The van der Waals surface area contributed by atoms with Gasteiger partial charge in [0.15, 0.2) is 0 Å². The van der Waals surface area contributed by atoms with E-state index < -0.39 is 0 Å². The van der Waals surface area contributed by atoms with Crippen LogP contribution >= 0.6 is 0 Å². The van der Waals surface area contributed by atoms with Crippen LogP contribution in [-0.4, -0.2) is 14.8 Å². The summed E-state index contributed by atoms with van der Waals surface area (Å²) in [6.45, 7) is 4.74. The summed E-state index contributed by atoms with van der Waals surface area (Å²) in [5, 5.41) is 7.49. The highest BCUT2D eigenvalue weighted by molar-refractivity contribution is 4.86. The molecule has 0 aliphatic carbocycles. The number of hydrogen-bond donors (Lipinski definition) is 1. The van der Waals surface area contributed by atoms with Gasteiger partial charge in [-0.25, -0.2) is 0 Å². The Kier molecular flexibility index (Phi) is 2.17. The van der Waals surface area contributed by atoms with Gasteiger partial charge in [0.2, 0.25) is 0 Å². The van der Waals surface area contributed by atoms with E-state index in [2.05, 4.69) is 16.8 Å². The van der Waals surface area contributed by atoms with Gasteiger partial charge in [0.05, 0.1) is 6.54 Å². The minimum atomic E-state index is 0.424. The Hall–Kier alpha value is -1.16. The lowest BCUT2D eigenvalue weighted by Crippen LogP contribution is -2.06. The molecule has 4 nitrogen and oxygen atoms in total. The molecule has 0 amide bonds. The Morgan fingerprint density at radius 2 is 2.60 bits per heavy atom. The van der Waals surface area contributed by atoms with Crippen LogP contribution in [0.25, 0.3) is 0 Å². The van der Waals surface area contributed by atoms with E-state index in [4.69, 9.17) is 5.73 Å². The molecule has 54 valence electrons. The van der Waals surface area contributed by atoms with E-state index in [1.165, 1.54) is 0 Å². The Morgan fingerprint density at radius 1 is 1.80 bits per heavy atom. The number of hydrogen-bond acceptors (Lipinski definition) is 3. The van der Waals surface area contributed by atoms with E-state index in [1.807, 2.05) is 4.57 Å². The summed E-state index contributed by atoms with van der Waals surface area (Å²) in [4.78, 5) is 0. The van der Waals surface area contributed by atoms with Crippen molar-refractivity contribution < 1.29 is 0 Å². The molecule has 0 aliphatic heterocycles. The molecule has 0 bridgehead atoms. The van der Waals surface area contributed by atoms with E-state index in [0.717, 1.165) is 12.4 Å². The standard InChI is InChI=1S/C6H10N4/c1-2-3-10-5-8-9-6(10)4-7/h2,5H,1,3-4,7H2. The average Bonchev–Trinajstić information content (AvgIpc) is 2.36. The van der Waals surface area contributed by atoms with Crippen LogP contribution in [0.1, 0.15) is 5.82 Å². The van der Waals surface area contributed by atoms with Gasteiger partial charge >= 0.3 is 0 Å². The Labute approximate surface area is 59.4 Å². The molecule has 0 aromatic carbocycles. The van der Waals surface area contributed by atoms with Crippen molar-refractivity contribution in [3.05, 3.63) is 24.8 Å². The van der Waals surface area contributed by atoms with Crippen LogP contribution in [0.15, 0.2) is 19.0 Å².